The van der Waals surface area contributed by atoms with E-state index in [1.807, 2.05) is 24.3 Å². The van der Waals surface area contributed by atoms with Gasteiger partial charge >= 0.3 is 0 Å². The molecule has 3 nitrogen and oxygen atoms in total. The highest BCUT2D eigenvalue weighted by atomic mass is 35.5. The first-order valence-corrected chi connectivity index (χ1v) is 8.38. The lowest BCUT2D eigenvalue weighted by Gasteiger charge is -2.27. The predicted molar refractivity (Wildman–Crippen MR) is 90.1 cm³/mol. The lowest BCUT2D eigenvalue weighted by molar-refractivity contribution is 0.205. The Hall–Kier alpha value is -1.29. The average Bonchev–Trinajstić information content (AvgIpc) is 3.21. The van der Waals surface area contributed by atoms with Crippen molar-refractivity contribution in [1.82, 2.24) is 10.2 Å². The molecule has 2 atom stereocenters. The van der Waals surface area contributed by atoms with Crippen LogP contribution in [-0.2, 0) is 0 Å². The molecule has 2 heterocycles. The summed E-state index contributed by atoms with van der Waals surface area (Å²) in [6.45, 7) is 5.35. The minimum absolute atomic E-state index is 0.263. The van der Waals surface area contributed by atoms with Crippen LogP contribution >= 0.6 is 11.6 Å². The molecule has 3 rings (SSSR count). The summed E-state index contributed by atoms with van der Waals surface area (Å²) in [5.74, 6) is 1.05. The number of hydrogen-bond donors (Lipinski definition) is 1. The zero-order chi connectivity index (χ0) is 15.4. The van der Waals surface area contributed by atoms with Gasteiger partial charge in [-0.15, -0.1) is 0 Å². The molecule has 22 heavy (non-hydrogen) atoms. The van der Waals surface area contributed by atoms with E-state index in [1.165, 1.54) is 18.4 Å². The van der Waals surface area contributed by atoms with Gasteiger partial charge in [-0.1, -0.05) is 23.7 Å². The van der Waals surface area contributed by atoms with Crippen LogP contribution in [0.4, 0.5) is 0 Å². The third-order valence-corrected chi connectivity index (χ3v) is 4.65. The molecule has 0 bridgehead atoms. The summed E-state index contributed by atoms with van der Waals surface area (Å²) in [5, 5.41) is 4.42. The minimum Gasteiger partial charge on any atom is -0.468 e. The third-order valence-electron chi connectivity index (χ3n) is 4.42. The van der Waals surface area contributed by atoms with Crippen molar-refractivity contribution in [3.63, 3.8) is 0 Å². The smallest absolute Gasteiger partial charge is 0.122 e. The Kier molecular flexibility index (Phi) is 5.19. The Balaban J connectivity index is 1.66. The fourth-order valence-corrected chi connectivity index (χ4v) is 3.32. The number of rotatable bonds is 6. The monoisotopic (exact) mass is 318 g/mol. The molecule has 0 radical (unpaired) electrons. The van der Waals surface area contributed by atoms with Crippen LogP contribution in [0, 0.1) is 0 Å². The minimum atomic E-state index is 0.263. The summed E-state index contributed by atoms with van der Waals surface area (Å²) in [4.78, 5) is 2.51. The van der Waals surface area contributed by atoms with Crippen molar-refractivity contribution in [3.05, 3.63) is 59.0 Å². The number of likely N-dealkylation sites (tertiary alicyclic amines) is 1. The van der Waals surface area contributed by atoms with Crippen molar-refractivity contribution in [2.45, 2.75) is 31.8 Å². The van der Waals surface area contributed by atoms with Gasteiger partial charge in [0, 0.05) is 17.6 Å². The van der Waals surface area contributed by atoms with Gasteiger partial charge < -0.3 is 9.73 Å². The van der Waals surface area contributed by atoms with E-state index < -0.39 is 0 Å². The molecule has 1 aliphatic heterocycles. The largest absolute Gasteiger partial charge is 0.468 e. The first-order valence-electron chi connectivity index (χ1n) is 8.00. The van der Waals surface area contributed by atoms with Crippen molar-refractivity contribution in [3.8, 4) is 0 Å². The van der Waals surface area contributed by atoms with Crippen molar-refractivity contribution in [2.24, 2.45) is 0 Å². The Labute approximate surface area is 137 Å². The molecule has 0 spiro atoms. The molecule has 0 amide bonds. The zero-order valence-electron chi connectivity index (χ0n) is 13.0. The number of furan rings is 1. The number of nitrogens with one attached hydrogen (secondary N) is 1. The normalized spacial score (nSPS) is 18.5. The summed E-state index contributed by atoms with van der Waals surface area (Å²) < 4.78 is 5.66. The quantitative estimate of drug-likeness (QED) is 0.854. The fraction of sp³-hybridized carbons (Fsp3) is 0.444. The lowest BCUT2D eigenvalue weighted by atomic mass is 10.1. The molecule has 0 saturated carbocycles. The SMILES string of the molecule is CC(NCC(c1ccco1)N1CCCC1)c1cccc(Cl)c1. The van der Waals surface area contributed by atoms with E-state index in [0.717, 1.165) is 30.4 Å². The van der Waals surface area contributed by atoms with Crippen molar-refractivity contribution in [1.29, 1.82) is 0 Å². The van der Waals surface area contributed by atoms with E-state index in [0.29, 0.717) is 6.04 Å². The van der Waals surface area contributed by atoms with E-state index in [-0.39, 0.29) is 6.04 Å². The highest BCUT2D eigenvalue weighted by Crippen LogP contribution is 2.26. The molecular formula is C18H23ClN2O. The Bertz CT molecular complexity index is 579. The first kappa shape index (κ1) is 15.6. The molecule has 0 aliphatic carbocycles. The van der Waals surface area contributed by atoms with E-state index >= 15 is 0 Å². The van der Waals surface area contributed by atoms with Crippen LogP contribution in [0.5, 0.6) is 0 Å². The molecule has 1 aromatic heterocycles. The van der Waals surface area contributed by atoms with Crippen LogP contribution in [-0.4, -0.2) is 24.5 Å². The summed E-state index contributed by atoms with van der Waals surface area (Å²) >= 11 is 6.09. The maximum Gasteiger partial charge on any atom is 0.122 e. The Morgan fingerprint density at radius 2 is 2.05 bits per heavy atom. The molecule has 2 aromatic rings. The number of nitrogens with zero attached hydrogens (tertiary/aromatic N) is 1. The first-order chi connectivity index (χ1) is 10.7. The third kappa shape index (κ3) is 3.72. The van der Waals surface area contributed by atoms with Gasteiger partial charge in [0.25, 0.3) is 0 Å². The molecule has 2 unspecified atom stereocenters. The molecule has 1 aromatic carbocycles. The molecular weight excluding hydrogens is 296 g/mol. The van der Waals surface area contributed by atoms with Gasteiger partial charge in [0.2, 0.25) is 0 Å². The summed E-state index contributed by atoms with van der Waals surface area (Å²) in [6, 6.07) is 12.7. The summed E-state index contributed by atoms with van der Waals surface area (Å²) in [5.41, 5.74) is 1.21. The van der Waals surface area contributed by atoms with Crippen LogP contribution in [0.15, 0.2) is 47.1 Å². The predicted octanol–water partition coefficient (Wildman–Crippen LogP) is 4.42. The lowest BCUT2D eigenvalue weighted by Crippen LogP contribution is -2.35. The van der Waals surface area contributed by atoms with Gasteiger partial charge in [0.1, 0.15) is 5.76 Å². The van der Waals surface area contributed by atoms with E-state index in [4.69, 9.17) is 16.0 Å². The maximum absolute atomic E-state index is 6.09. The van der Waals surface area contributed by atoms with Gasteiger partial charge in [0.15, 0.2) is 0 Å². The van der Waals surface area contributed by atoms with Crippen molar-refractivity contribution >= 4 is 11.6 Å². The highest BCUT2D eigenvalue weighted by Gasteiger charge is 2.25. The van der Waals surface area contributed by atoms with Gasteiger partial charge in [-0.3, -0.25) is 4.90 Å². The topological polar surface area (TPSA) is 28.4 Å². The van der Waals surface area contributed by atoms with Gasteiger partial charge in [-0.05, 0) is 62.7 Å². The zero-order valence-corrected chi connectivity index (χ0v) is 13.7. The van der Waals surface area contributed by atoms with Crippen LogP contribution < -0.4 is 5.32 Å². The number of halogens is 1. The highest BCUT2D eigenvalue weighted by molar-refractivity contribution is 6.30. The summed E-state index contributed by atoms with van der Waals surface area (Å²) in [6.07, 6.45) is 4.32. The molecule has 1 aliphatic rings. The summed E-state index contributed by atoms with van der Waals surface area (Å²) in [7, 11) is 0. The van der Waals surface area contributed by atoms with Crippen molar-refractivity contribution < 1.29 is 4.42 Å². The van der Waals surface area contributed by atoms with Gasteiger partial charge in [0.05, 0.1) is 12.3 Å². The van der Waals surface area contributed by atoms with Crippen molar-refractivity contribution in [2.75, 3.05) is 19.6 Å². The van der Waals surface area contributed by atoms with Crippen LogP contribution in [0.3, 0.4) is 0 Å². The molecule has 1 fully saturated rings. The molecule has 1 N–H and O–H groups in total. The van der Waals surface area contributed by atoms with Gasteiger partial charge in [-0.25, -0.2) is 0 Å². The number of benzene rings is 1. The maximum atomic E-state index is 6.09. The van der Waals surface area contributed by atoms with Gasteiger partial charge in [-0.2, -0.15) is 0 Å². The second kappa shape index (κ2) is 7.32. The Morgan fingerprint density at radius 1 is 1.23 bits per heavy atom. The Morgan fingerprint density at radius 3 is 2.73 bits per heavy atom. The van der Waals surface area contributed by atoms with Crippen LogP contribution in [0.1, 0.15) is 43.2 Å². The second-order valence-corrected chi connectivity index (χ2v) is 6.40. The standard InChI is InChI=1S/C18H23ClN2O/c1-14(15-6-4-7-16(19)12-15)20-13-17(18-8-5-11-22-18)21-9-2-3-10-21/h4-8,11-12,14,17,20H,2-3,9-10,13H2,1H3. The van der Waals surface area contributed by atoms with E-state index in [9.17, 15) is 0 Å². The van der Waals surface area contributed by atoms with E-state index in [2.05, 4.69) is 29.3 Å². The second-order valence-electron chi connectivity index (χ2n) is 5.96. The molecule has 1 saturated heterocycles. The number of hydrogen-bond acceptors (Lipinski definition) is 3. The van der Waals surface area contributed by atoms with Crippen LogP contribution in [0.2, 0.25) is 5.02 Å². The average molecular weight is 319 g/mol. The van der Waals surface area contributed by atoms with E-state index in [1.54, 1.807) is 6.26 Å². The fourth-order valence-electron chi connectivity index (χ4n) is 3.13. The van der Waals surface area contributed by atoms with Crippen LogP contribution in [0.25, 0.3) is 0 Å². The molecule has 118 valence electrons. The molecule has 4 heteroatoms.